The maximum absolute atomic E-state index is 12.6. The van der Waals surface area contributed by atoms with E-state index in [2.05, 4.69) is 0 Å². The molecule has 0 saturated carbocycles. The summed E-state index contributed by atoms with van der Waals surface area (Å²) in [4.78, 5) is 38.1. The fourth-order valence-corrected chi connectivity index (χ4v) is 3.29. The Hall–Kier alpha value is -1.79. The minimum atomic E-state index is -0.831. The molecule has 2 saturated heterocycles. The predicted molar refractivity (Wildman–Crippen MR) is 75.5 cm³/mol. The molecule has 21 heavy (non-hydrogen) atoms. The van der Waals surface area contributed by atoms with Crippen LogP contribution in [0.15, 0.2) is 0 Å². The standard InChI is InChI=1S/C14H23N3O4/c15-13(20)11-5-1-2-7-17(11)14(21)16-6-3-4-10(9-16)8-12(18)19/h10-11H,1-9H2,(H2,15,20)(H,18,19). The molecule has 7 heteroatoms. The Kier molecular flexibility index (Phi) is 5.03. The average molecular weight is 297 g/mol. The summed E-state index contributed by atoms with van der Waals surface area (Å²) in [5.41, 5.74) is 5.39. The van der Waals surface area contributed by atoms with Crippen LogP contribution < -0.4 is 5.73 Å². The highest BCUT2D eigenvalue weighted by Crippen LogP contribution is 2.24. The summed E-state index contributed by atoms with van der Waals surface area (Å²) < 4.78 is 0. The van der Waals surface area contributed by atoms with E-state index in [1.807, 2.05) is 0 Å². The highest BCUT2D eigenvalue weighted by atomic mass is 16.4. The van der Waals surface area contributed by atoms with Crippen molar-refractivity contribution in [3.63, 3.8) is 0 Å². The van der Waals surface area contributed by atoms with Crippen molar-refractivity contribution in [2.75, 3.05) is 19.6 Å². The molecule has 2 aliphatic heterocycles. The molecule has 118 valence electrons. The lowest BCUT2D eigenvalue weighted by molar-refractivity contribution is -0.138. The molecule has 0 spiro atoms. The first-order valence-electron chi connectivity index (χ1n) is 7.55. The topological polar surface area (TPSA) is 104 Å². The van der Waals surface area contributed by atoms with Gasteiger partial charge in [-0.15, -0.1) is 0 Å². The van der Waals surface area contributed by atoms with Crippen molar-refractivity contribution in [2.45, 2.75) is 44.6 Å². The quantitative estimate of drug-likeness (QED) is 0.797. The minimum absolute atomic E-state index is 0.00276. The summed E-state index contributed by atoms with van der Waals surface area (Å²) in [7, 11) is 0. The van der Waals surface area contributed by atoms with Crippen LogP contribution in [0.4, 0.5) is 4.79 Å². The first kappa shape index (κ1) is 15.6. The van der Waals surface area contributed by atoms with E-state index >= 15 is 0 Å². The number of piperidine rings is 2. The van der Waals surface area contributed by atoms with Gasteiger partial charge in [0.15, 0.2) is 0 Å². The van der Waals surface area contributed by atoms with Crippen LogP contribution in [0.2, 0.25) is 0 Å². The summed E-state index contributed by atoms with van der Waals surface area (Å²) in [6.45, 7) is 1.62. The van der Waals surface area contributed by atoms with Crippen molar-refractivity contribution in [1.29, 1.82) is 0 Å². The van der Waals surface area contributed by atoms with Crippen LogP contribution in [0.25, 0.3) is 0 Å². The molecule has 7 nitrogen and oxygen atoms in total. The van der Waals surface area contributed by atoms with Crippen LogP contribution in [0.1, 0.15) is 38.5 Å². The lowest BCUT2D eigenvalue weighted by atomic mass is 9.95. The van der Waals surface area contributed by atoms with Crippen molar-refractivity contribution in [1.82, 2.24) is 9.80 Å². The van der Waals surface area contributed by atoms with Crippen molar-refractivity contribution in [3.05, 3.63) is 0 Å². The molecule has 2 unspecified atom stereocenters. The van der Waals surface area contributed by atoms with Gasteiger partial charge in [-0.2, -0.15) is 0 Å². The number of primary amides is 1. The number of carboxylic acid groups (broad SMARTS) is 1. The number of hydrogen-bond acceptors (Lipinski definition) is 3. The normalized spacial score (nSPS) is 26.5. The van der Waals surface area contributed by atoms with Crippen molar-refractivity contribution < 1.29 is 19.5 Å². The number of nitrogens with zero attached hydrogens (tertiary/aromatic N) is 2. The molecule has 3 N–H and O–H groups in total. The third-order valence-corrected chi connectivity index (χ3v) is 4.33. The summed E-state index contributed by atoms with van der Waals surface area (Å²) >= 11 is 0. The molecule has 3 amide bonds. The number of carboxylic acids is 1. The molecule has 2 rings (SSSR count). The Morgan fingerprint density at radius 2 is 1.86 bits per heavy atom. The van der Waals surface area contributed by atoms with E-state index in [0.29, 0.717) is 26.1 Å². The van der Waals surface area contributed by atoms with E-state index in [1.54, 1.807) is 9.80 Å². The molecule has 2 fully saturated rings. The molecule has 0 aromatic heterocycles. The molecule has 2 atom stereocenters. The third-order valence-electron chi connectivity index (χ3n) is 4.33. The summed E-state index contributed by atoms with van der Waals surface area (Å²) in [5.74, 6) is -1.29. The Bertz CT molecular complexity index is 426. The third kappa shape index (κ3) is 3.86. The van der Waals surface area contributed by atoms with Gasteiger partial charge in [0.05, 0.1) is 0 Å². The molecular weight excluding hydrogens is 274 g/mol. The van der Waals surface area contributed by atoms with Crippen LogP contribution in [0, 0.1) is 5.92 Å². The van der Waals surface area contributed by atoms with Gasteiger partial charge in [-0.1, -0.05) is 0 Å². The number of urea groups is 1. The minimum Gasteiger partial charge on any atom is -0.481 e. The van der Waals surface area contributed by atoms with E-state index < -0.39 is 17.9 Å². The van der Waals surface area contributed by atoms with Gasteiger partial charge in [-0.25, -0.2) is 4.79 Å². The molecule has 0 aromatic rings. The molecule has 2 heterocycles. The van der Waals surface area contributed by atoms with Gasteiger partial charge in [-0.05, 0) is 38.0 Å². The zero-order valence-corrected chi connectivity index (χ0v) is 12.2. The van der Waals surface area contributed by atoms with Crippen LogP contribution in [0.5, 0.6) is 0 Å². The van der Waals surface area contributed by atoms with E-state index in [9.17, 15) is 14.4 Å². The number of carbonyl (C=O) groups excluding carboxylic acids is 2. The zero-order chi connectivity index (χ0) is 15.4. The van der Waals surface area contributed by atoms with Gasteiger partial charge in [-0.3, -0.25) is 9.59 Å². The highest BCUT2D eigenvalue weighted by Gasteiger charge is 2.35. The maximum atomic E-state index is 12.6. The first-order valence-corrected chi connectivity index (χ1v) is 7.55. The molecule has 0 aliphatic carbocycles. The number of amides is 3. The molecule has 0 aromatic carbocycles. The van der Waals surface area contributed by atoms with Crippen LogP contribution in [0.3, 0.4) is 0 Å². The van der Waals surface area contributed by atoms with E-state index in [4.69, 9.17) is 10.8 Å². The molecule has 0 radical (unpaired) electrons. The second-order valence-electron chi connectivity index (χ2n) is 5.94. The number of nitrogens with two attached hydrogens (primary N) is 1. The van der Waals surface area contributed by atoms with E-state index in [0.717, 1.165) is 25.7 Å². The second-order valence-corrected chi connectivity index (χ2v) is 5.94. The first-order chi connectivity index (χ1) is 9.99. The number of aliphatic carboxylic acids is 1. The van der Waals surface area contributed by atoms with Crippen molar-refractivity contribution in [2.24, 2.45) is 11.7 Å². The fraction of sp³-hybridized carbons (Fsp3) is 0.786. The van der Waals surface area contributed by atoms with Gasteiger partial charge in [0.1, 0.15) is 6.04 Å². The van der Waals surface area contributed by atoms with E-state index in [1.165, 1.54) is 0 Å². The largest absolute Gasteiger partial charge is 0.481 e. The molecule has 0 bridgehead atoms. The van der Waals surface area contributed by atoms with E-state index in [-0.39, 0.29) is 18.4 Å². The van der Waals surface area contributed by atoms with Crippen LogP contribution in [-0.2, 0) is 9.59 Å². The SMILES string of the molecule is NC(=O)C1CCCCN1C(=O)N1CCCC(CC(=O)O)C1. The highest BCUT2D eigenvalue weighted by molar-refractivity contribution is 5.86. The predicted octanol–water partition coefficient (Wildman–Crippen LogP) is 0.633. The van der Waals surface area contributed by atoms with Gasteiger partial charge < -0.3 is 20.6 Å². The molecule has 2 aliphatic rings. The lowest BCUT2D eigenvalue weighted by Gasteiger charge is -2.40. The summed E-state index contributed by atoms with van der Waals surface area (Å²) in [6, 6.07) is -0.695. The van der Waals surface area contributed by atoms with Crippen molar-refractivity contribution >= 4 is 17.9 Å². The number of carbonyl (C=O) groups is 3. The van der Waals surface area contributed by atoms with Crippen molar-refractivity contribution in [3.8, 4) is 0 Å². The van der Waals surface area contributed by atoms with Crippen LogP contribution >= 0.6 is 0 Å². The maximum Gasteiger partial charge on any atom is 0.320 e. The van der Waals surface area contributed by atoms with Gasteiger partial charge in [0, 0.05) is 26.1 Å². The van der Waals surface area contributed by atoms with Gasteiger partial charge >= 0.3 is 12.0 Å². The number of hydrogen-bond donors (Lipinski definition) is 2. The smallest absolute Gasteiger partial charge is 0.320 e. The number of rotatable bonds is 3. The average Bonchev–Trinajstić information content (AvgIpc) is 2.46. The Labute approximate surface area is 124 Å². The fourth-order valence-electron chi connectivity index (χ4n) is 3.29. The second kappa shape index (κ2) is 6.78. The Morgan fingerprint density at radius 1 is 1.10 bits per heavy atom. The Morgan fingerprint density at radius 3 is 2.52 bits per heavy atom. The number of likely N-dealkylation sites (tertiary alicyclic amines) is 2. The Balaban J connectivity index is 2.00. The summed E-state index contributed by atoms with van der Waals surface area (Å²) in [6.07, 6.45) is 4.12. The summed E-state index contributed by atoms with van der Waals surface area (Å²) in [5, 5.41) is 8.88. The lowest BCUT2D eigenvalue weighted by Crippen LogP contribution is -2.56. The van der Waals surface area contributed by atoms with Gasteiger partial charge in [0.25, 0.3) is 0 Å². The van der Waals surface area contributed by atoms with Gasteiger partial charge in [0.2, 0.25) is 5.91 Å². The zero-order valence-electron chi connectivity index (χ0n) is 12.2. The monoisotopic (exact) mass is 297 g/mol. The molecular formula is C14H23N3O4. The van der Waals surface area contributed by atoms with Crippen LogP contribution in [-0.4, -0.2) is 58.5 Å².